The monoisotopic (exact) mass is 297 g/mol. The Balaban J connectivity index is 2.17. The zero-order valence-electron chi connectivity index (χ0n) is 12.8. The molecule has 0 amide bonds. The van der Waals surface area contributed by atoms with Crippen LogP contribution in [0.2, 0.25) is 0 Å². The summed E-state index contributed by atoms with van der Waals surface area (Å²) in [5.41, 5.74) is 2.63. The standard InChI is InChI=1S/C17H19N3O2/c1-11(2)12-6-3-4-7-13(12)15-14(16(21)22)10-18-17(19-15)20-8-5-9-20/h3-4,6-7,10-11H,5,8-9H2,1-2H3,(H,21,22). The van der Waals surface area contributed by atoms with Crippen molar-refractivity contribution in [2.45, 2.75) is 26.2 Å². The second-order valence-corrected chi connectivity index (χ2v) is 5.82. The van der Waals surface area contributed by atoms with E-state index in [-0.39, 0.29) is 5.56 Å². The van der Waals surface area contributed by atoms with Gasteiger partial charge in [0, 0.05) is 24.8 Å². The minimum Gasteiger partial charge on any atom is -0.478 e. The van der Waals surface area contributed by atoms with Gasteiger partial charge in [0.2, 0.25) is 5.95 Å². The van der Waals surface area contributed by atoms with Crippen molar-refractivity contribution in [3.8, 4) is 11.3 Å². The topological polar surface area (TPSA) is 66.3 Å². The molecule has 0 bridgehead atoms. The van der Waals surface area contributed by atoms with Gasteiger partial charge in [-0.1, -0.05) is 38.1 Å². The number of anilines is 1. The van der Waals surface area contributed by atoms with Crippen molar-refractivity contribution < 1.29 is 9.90 Å². The highest BCUT2D eigenvalue weighted by molar-refractivity contribution is 5.95. The first kappa shape index (κ1) is 14.5. The van der Waals surface area contributed by atoms with Crippen molar-refractivity contribution in [2.24, 2.45) is 0 Å². The van der Waals surface area contributed by atoms with Gasteiger partial charge in [0.25, 0.3) is 0 Å². The molecule has 22 heavy (non-hydrogen) atoms. The van der Waals surface area contributed by atoms with Gasteiger partial charge in [0.05, 0.1) is 5.69 Å². The summed E-state index contributed by atoms with van der Waals surface area (Å²) in [5, 5.41) is 9.46. The molecule has 0 aliphatic carbocycles. The summed E-state index contributed by atoms with van der Waals surface area (Å²) >= 11 is 0. The Bertz CT molecular complexity index is 709. The third kappa shape index (κ3) is 2.54. The maximum atomic E-state index is 11.5. The zero-order chi connectivity index (χ0) is 15.7. The van der Waals surface area contributed by atoms with Gasteiger partial charge < -0.3 is 10.0 Å². The van der Waals surface area contributed by atoms with Crippen molar-refractivity contribution in [3.05, 3.63) is 41.6 Å². The molecule has 0 saturated carbocycles. The summed E-state index contributed by atoms with van der Waals surface area (Å²) in [7, 11) is 0. The number of hydrogen-bond donors (Lipinski definition) is 1. The maximum Gasteiger partial charge on any atom is 0.339 e. The number of aromatic nitrogens is 2. The van der Waals surface area contributed by atoms with Crippen molar-refractivity contribution in [3.63, 3.8) is 0 Å². The van der Waals surface area contributed by atoms with Crippen LogP contribution in [-0.4, -0.2) is 34.1 Å². The molecule has 0 atom stereocenters. The van der Waals surface area contributed by atoms with Crippen molar-refractivity contribution in [1.29, 1.82) is 0 Å². The van der Waals surface area contributed by atoms with Crippen LogP contribution in [-0.2, 0) is 0 Å². The number of nitrogens with zero attached hydrogens (tertiary/aromatic N) is 3. The quantitative estimate of drug-likeness (QED) is 0.939. The Morgan fingerprint density at radius 3 is 2.59 bits per heavy atom. The molecule has 1 saturated heterocycles. The highest BCUT2D eigenvalue weighted by atomic mass is 16.4. The van der Waals surface area contributed by atoms with Gasteiger partial charge in [0.15, 0.2) is 0 Å². The Labute approximate surface area is 129 Å². The predicted molar refractivity (Wildman–Crippen MR) is 85.3 cm³/mol. The Morgan fingerprint density at radius 1 is 1.27 bits per heavy atom. The lowest BCUT2D eigenvalue weighted by atomic mass is 9.93. The zero-order valence-corrected chi connectivity index (χ0v) is 12.8. The first-order chi connectivity index (χ1) is 10.6. The summed E-state index contributed by atoms with van der Waals surface area (Å²) in [6.45, 7) is 6.04. The van der Waals surface area contributed by atoms with Crippen LogP contribution in [0.5, 0.6) is 0 Å². The van der Waals surface area contributed by atoms with E-state index in [0.717, 1.165) is 30.6 Å². The summed E-state index contributed by atoms with van der Waals surface area (Å²) in [4.78, 5) is 22.4. The number of hydrogen-bond acceptors (Lipinski definition) is 4. The molecule has 1 N–H and O–H groups in total. The van der Waals surface area contributed by atoms with Gasteiger partial charge in [-0.25, -0.2) is 14.8 Å². The lowest BCUT2D eigenvalue weighted by molar-refractivity contribution is 0.0697. The first-order valence-corrected chi connectivity index (χ1v) is 7.52. The molecule has 114 valence electrons. The molecule has 1 aromatic carbocycles. The molecule has 1 aromatic heterocycles. The highest BCUT2D eigenvalue weighted by Gasteiger charge is 2.22. The van der Waals surface area contributed by atoms with E-state index in [1.165, 1.54) is 6.20 Å². The van der Waals surface area contributed by atoms with Gasteiger partial charge in [-0.15, -0.1) is 0 Å². The van der Waals surface area contributed by atoms with Gasteiger partial charge in [-0.2, -0.15) is 0 Å². The lowest BCUT2D eigenvalue weighted by Crippen LogP contribution is -2.38. The number of aromatic carboxylic acids is 1. The van der Waals surface area contributed by atoms with Crippen LogP contribution in [0.1, 0.15) is 42.1 Å². The van der Waals surface area contributed by atoms with E-state index in [2.05, 4.69) is 28.7 Å². The van der Waals surface area contributed by atoms with E-state index in [9.17, 15) is 9.90 Å². The van der Waals surface area contributed by atoms with Crippen molar-refractivity contribution in [2.75, 3.05) is 18.0 Å². The predicted octanol–water partition coefficient (Wildman–Crippen LogP) is 3.18. The number of carboxylic acids is 1. The molecular formula is C17H19N3O2. The number of benzene rings is 1. The average molecular weight is 297 g/mol. The molecule has 0 spiro atoms. The maximum absolute atomic E-state index is 11.5. The molecule has 5 nitrogen and oxygen atoms in total. The van der Waals surface area contributed by atoms with Crippen LogP contribution in [0.25, 0.3) is 11.3 Å². The van der Waals surface area contributed by atoms with Gasteiger partial charge in [-0.05, 0) is 17.9 Å². The molecule has 1 aliphatic heterocycles. The minimum atomic E-state index is -0.997. The fourth-order valence-electron chi connectivity index (χ4n) is 2.62. The van der Waals surface area contributed by atoms with E-state index >= 15 is 0 Å². The number of carboxylic acid groups (broad SMARTS) is 1. The van der Waals surface area contributed by atoms with Crippen LogP contribution >= 0.6 is 0 Å². The minimum absolute atomic E-state index is 0.150. The van der Waals surface area contributed by atoms with Crippen LogP contribution in [0.3, 0.4) is 0 Å². The number of carbonyl (C=O) groups is 1. The molecule has 1 fully saturated rings. The van der Waals surface area contributed by atoms with Crippen LogP contribution in [0.4, 0.5) is 5.95 Å². The normalized spacial score (nSPS) is 14.0. The summed E-state index contributed by atoms with van der Waals surface area (Å²) in [6, 6.07) is 7.84. The summed E-state index contributed by atoms with van der Waals surface area (Å²) in [6.07, 6.45) is 2.55. The SMILES string of the molecule is CC(C)c1ccccc1-c1nc(N2CCC2)ncc1C(=O)O. The van der Waals surface area contributed by atoms with E-state index < -0.39 is 5.97 Å². The third-order valence-electron chi connectivity index (χ3n) is 3.98. The third-order valence-corrected chi connectivity index (χ3v) is 3.98. The summed E-state index contributed by atoms with van der Waals surface area (Å²) in [5.74, 6) is -0.0891. The van der Waals surface area contributed by atoms with Crippen molar-refractivity contribution in [1.82, 2.24) is 9.97 Å². The van der Waals surface area contributed by atoms with Gasteiger partial charge in [-0.3, -0.25) is 0 Å². The Hall–Kier alpha value is -2.43. The average Bonchev–Trinajstić information content (AvgIpc) is 2.45. The van der Waals surface area contributed by atoms with E-state index in [0.29, 0.717) is 17.6 Å². The fourth-order valence-corrected chi connectivity index (χ4v) is 2.62. The van der Waals surface area contributed by atoms with Crippen LogP contribution in [0.15, 0.2) is 30.5 Å². The van der Waals surface area contributed by atoms with Crippen LogP contribution < -0.4 is 4.90 Å². The largest absolute Gasteiger partial charge is 0.478 e. The molecule has 1 aliphatic rings. The molecule has 3 rings (SSSR count). The van der Waals surface area contributed by atoms with Gasteiger partial charge in [0.1, 0.15) is 5.56 Å². The fraction of sp³-hybridized carbons (Fsp3) is 0.353. The highest BCUT2D eigenvalue weighted by Crippen LogP contribution is 2.31. The Morgan fingerprint density at radius 2 is 2.00 bits per heavy atom. The van der Waals surface area contributed by atoms with E-state index in [1.807, 2.05) is 24.3 Å². The molecule has 2 aromatic rings. The van der Waals surface area contributed by atoms with Crippen molar-refractivity contribution >= 4 is 11.9 Å². The van der Waals surface area contributed by atoms with E-state index in [4.69, 9.17) is 0 Å². The van der Waals surface area contributed by atoms with Crippen LogP contribution in [0, 0.1) is 0 Å². The molecular weight excluding hydrogens is 278 g/mol. The molecule has 0 unspecified atom stereocenters. The Kier molecular flexibility index (Phi) is 3.79. The molecule has 5 heteroatoms. The van der Waals surface area contributed by atoms with E-state index in [1.54, 1.807) is 0 Å². The number of rotatable bonds is 4. The summed E-state index contributed by atoms with van der Waals surface area (Å²) < 4.78 is 0. The second-order valence-electron chi connectivity index (χ2n) is 5.82. The smallest absolute Gasteiger partial charge is 0.339 e. The van der Waals surface area contributed by atoms with Gasteiger partial charge >= 0.3 is 5.97 Å². The molecule has 0 radical (unpaired) electrons. The lowest BCUT2D eigenvalue weighted by Gasteiger charge is -2.31. The first-order valence-electron chi connectivity index (χ1n) is 7.52. The molecule has 2 heterocycles. The second kappa shape index (κ2) is 5.75.